The van der Waals surface area contributed by atoms with Crippen LogP contribution in [0.1, 0.15) is 16.7 Å². The number of fused-ring (bicyclic) bond motifs is 1. The van der Waals surface area contributed by atoms with Crippen molar-refractivity contribution < 1.29 is 22.8 Å². The van der Waals surface area contributed by atoms with Gasteiger partial charge in [0.2, 0.25) is 0 Å². The van der Waals surface area contributed by atoms with Crippen LogP contribution in [0.3, 0.4) is 0 Å². The van der Waals surface area contributed by atoms with E-state index in [-0.39, 0.29) is 29.1 Å². The molecule has 0 aliphatic heterocycles. The molecule has 0 aliphatic carbocycles. The molecule has 0 saturated carbocycles. The maximum absolute atomic E-state index is 13.4. The van der Waals surface area contributed by atoms with E-state index in [2.05, 4.69) is 10.1 Å². The van der Waals surface area contributed by atoms with Crippen LogP contribution in [0.25, 0.3) is 22.3 Å². The van der Waals surface area contributed by atoms with E-state index in [0.29, 0.717) is 22.4 Å². The summed E-state index contributed by atoms with van der Waals surface area (Å²) >= 11 is 0. The van der Waals surface area contributed by atoms with Gasteiger partial charge in [0, 0.05) is 23.3 Å². The number of rotatable bonds is 7. The van der Waals surface area contributed by atoms with Gasteiger partial charge < -0.3 is 4.74 Å². The molecule has 8 nitrogen and oxygen atoms in total. The molecule has 5 aromatic rings. The Bertz CT molecular complexity index is 1820. The molecule has 1 aromatic heterocycles. The number of nitro benzene ring substituents is 1. The standard InChI is InChI=1S/C29H19F3N4O4/c30-29(31,32)22-10-6-9-20(16-22)27-34-25-13-3-2-12-24(25)28(37)35(27)33-17-21-8-1-4-14-26(21)40-18-19-7-5-11-23(15-19)36(38)39/h1-17H,18H2. The van der Waals surface area contributed by atoms with Crippen LogP contribution in [0.2, 0.25) is 0 Å². The van der Waals surface area contributed by atoms with Crippen LogP contribution in [-0.2, 0) is 12.8 Å². The molecule has 0 atom stereocenters. The minimum atomic E-state index is -4.59. The zero-order valence-corrected chi connectivity index (χ0v) is 20.6. The third-order valence-electron chi connectivity index (χ3n) is 5.95. The summed E-state index contributed by atoms with van der Waals surface area (Å²) in [4.78, 5) is 28.4. The van der Waals surface area contributed by atoms with Gasteiger partial charge in [-0.25, -0.2) is 4.98 Å². The van der Waals surface area contributed by atoms with E-state index in [1.807, 2.05) is 0 Å². The Balaban J connectivity index is 1.54. The number of hydrogen-bond acceptors (Lipinski definition) is 6. The molecule has 0 radical (unpaired) electrons. The molecule has 11 heteroatoms. The topological polar surface area (TPSA) is 99.6 Å². The molecule has 0 aliphatic rings. The lowest BCUT2D eigenvalue weighted by atomic mass is 10.1. The highest BCUT2D eigenvalue weighted by atomic mass is 19.4. The Kier molecular flexibility index (Phi) is 7.11. The highest BCUT2D eigenvalue weighted by Crippen LogP contribution is 2.32. The molecule has 0 bridgehead atoms. The Labute approximate surface area is 224 Å². The van der Waals surface area contributed by atoms with Crippen LogP contribution in [0.4, 0.5) is 18.9 Å². The van der Waals surface area contributed by atoms with Gasteiger partial charge in [0.25, 0.3) is 11.2 Å². The van der Waals surface area contributed by atoms with Crippen LogP contribution >= 0.6 is 0 Å². The first-order valence-electron chi connectivity index (χ1n) is 11.9. The Morgan fingerprint density at radius 2 is 1.70 bits per heavy atom. The van der Waals surface area contributed by atoms with Gasteiger partial charge in [-0.05, 0) is 42.0 Å². The summed E-state index contributed by atoms with van der Waals surface area (Å²) in [5.74, 6) is 0.307. The maximum atomic E-state index is 13.4. The van der Waals surface area contributed by atoms with Crippen molar-refractivity contribution in [2.24, 2.45) is 5.10 Å². The summed E-state index contributed by atoms with van der Waals surface area (Å²) in [6, 6.07) is 23.8. The third kappa shape index (κ3) is 5.58. The van der Waals surface area contributed by atoms with Crippen molar-refractivity contribution in [2.45, 2.75) is 12.8 Å². The van der Waals surface area contributed by atoms with E-state index in [0.717, 1.165) is 16.8 Å². The monoisotopic (exact) mass is 544 g/mol. The molecule has 200 valence electrons. The van der Waals surface area contributed by atoms with Crippen molar-refractivity contribution in [1.29, 1.82) is 0 Å². The molecule has 40 heavy (non-hydrogen) atoms. The van der Waals surface area contributed by atoms with E-state index in [1.54, 1.807) is 60.7 Å². The summed E-state index contributed by atoms with van der Waals surface area (Å²) < 4.78 is 47.1. The average Bonchev–Trinajstić information content (AvgIpc) is 2.96. The number of alkyl halides is 3. The Morgan fingerprint density at radius 3 is 2.50 bits per heavy atom. The predicted molar refractivity (Wildman–Crippen MR) is 143 cm³/mol. The van der Waals surface area contributed by atoms with Gasteiger partial charge in [0.1, 0.15) is 12.4 Å². The maximum Gasteiger partial charge on any atom is 0.416 e. The van der Waals surface area contributed by atoms with Gasteiger partial charge in [0.15, 0.2) is 5.82 Å². The first-order valence-corrected chi connectivity index (χ1v) is 11.9. The SMILES string of the molecule is O=c1c2ccccc2nc(-c2cccc(C(F)(F)F)c2)n1N=Cc1ccccc1OCc1cccc([N+](=O)[O-])c1. The van der Waals surface area contributed by atoms with E-state index >= 15 is 0 Å². The van der Waals surface area contributed by atoms with Crippen molar-refractivity contribution in [3.63, 3.8) is 0 Å². The van der Waals surface area contributed by atoms with E-state index in [9.17, 15) is 28.1 Å². The second-order valence-electron chi connectivity index (χ2n) is 8.65. The Morgan fingerprint density at radius 1 is 0.950 bits per heavy atom. The molecule has 0 unspecified atom stereocenters. The van der Waals surface area contributed by atoms with Gasteiger partial charge in [-0.15, -0.1) is 0 Å². The van der Waals surface area contributed by atoms with Crippen LogP contribution < -0.4 is 10.3 Å². The fourth-order valence-electron chi connectivity index (χ4n) is 4.01. The Hall–Kier alpha value is -5.32. The molecule has 0 amide bonds. The van der Waals surface area contributed by atoms with E-state index in [4.69, 9.17) is 4.74 Å². The lowest BCUT2D eigenvalue weighted by molar-refractivity contribution is -0.384. The number of aromatic nitrogens is 2. The summed E-state index contributed by atoms with van der Waals surface area (Å²) in [7, 11) is 0. The fraction of sp³-hybridized carbons (Fsp3) is 0.0690. The molecule has 5 rings (SSSR count). The minimum Gasteiger partial charge on any atom is -0.488 e. The number of nitro groups is 1. The normalized spacial score (nSPS) is 11.7. The first-order chi connectivity index (χ1) is 19.2. The molecule has 4 aromatic carbocycles. The van der Waals surface area contributed by atoms with Gasteiger partial charge in [0.05, 0.1) is 27.6 Å². The smallest absolute Gasteiger partial charge is 0.416 e. The highest BCUT2D eigenvalue weighted by Gasteiger charge is 2.31. The molecule has 0 spiro atoms. The number of nitrogens with zero attached hydrogens (tertiary/aromatic N) is 4. The summed E-state index contributed by atoms with van der Waals surface area (Å²) in [6.07, 6.45) is -3.24. The lowest BCUT2D eigenvalue weighted by Gasteiger charge is -2.12. The second-order valence-corrected chi connectivity index (χ2v) is 8.65. The quantitative estimate of drug-likeness (QED) is 0.133. The zero-order chi connectivity index (χ0) is 28.3. The number of hydrogen-bond donors (Lipinski definition) is 0. The van der Waals surface area contributed by atoms with Crippen molar-refractivity contribution in [3.05, 3.63) is 134 Å². The minimum absolute atomic E-state index is 0.0273. The zero-order valence-electron chi connectivity index (χ0n) is 20.6. The van der Waals surface area contributed by atoms with Crippen LogP contribution in [0.5, 0.6) is 5.75 Å². The van der Waals surface area contributed by atoms with Crippen molar-refractivity contribution in [3.8, 4) is 17.1 Å². The summed E-state index contributed by atoms with van der Waals surface area (Å²) in [5, 5.41) is 15.6. The molecule has 0 saturated heterocycles. The number of halogens is 3. The lowest BCUT2D eigenvalue weighted by Crippen LogP contribution is -2.20. The van der Waals surface area contributed by atoms with Gasteiger partial charge in [-0.2, -0.15) is 22.9 Å². The van der Waals surface area contributed by atoms with E-state index in [1.165, 1.54) is 30.5 Å². The van der Waals surface area contributed by atoms with Crippen LogP contribution in [0, 0.1) is 10.1 Å². The van der Waals surface area contributed by atoms with Crippen LogP contribution in [0.15, 0.2) is 107 Å². The first kappa shape index (κ1) is 26.3. The highest BCUT2D eigenvalue weighted by molar-refractivity contribution is 5.84. The van der Waals surface area contributed by atoms with Crippen molar-refractivity contribution in [1.82, 2.24) is 9.66 Å². The number of para-hydroxylation sites is 2. The van der Waals surface area contributed by atoms with E-state index < -0.39 is 22.2 Å². The van der Waals surface area contributed by atoms with Gasteiger partial charge >= 0.3 is 6.18 Å². The number of non-ortho nitro benzene ring substituents is 1. The molecular formula is C29H19F3N4O4. The average molecular weight is 544 g/mol. The molecule has 0 N–H and O–H groups in total. The van der Waals surface area contributed by atoms with Crippen molar-refractivity contribution >= 4 is 22.8 Å². The van der Waals surface area contributed by atoms with Crippen LogP contribution in [-0.4, -0.2) is 20.8 Å². The number of benzene rings is 4. The number of ether oxygens (including phenoxy) is 1. The fourth-order valence-corrected chi connectivity index (χ4v) is 4.01. The van der Waals surface area contributed by atoms with Gasteiger partial charge in [-0.3, -0.25) is 14.9 Å². The molecular weight excluding hydrogens is 525 g/mol. The second kappa shape index (κ2) is 10.8. The summed E-state index contributed by atoms with van der Waals surface area (Å²) in [6.45, 7) is 0.0273. The van der Waals surface area contributed by atoms with Gasteiger partial charge in [-0.1, -0.05) is 48.5 Å². The third-order valence-corrected chi connectivity index (χ3v) is 5.95. The molecule has 1 heterocycles. The van der Waals surface area contributed by atoms with Crippen molar-refractivity contribution in [2.75, 3.05) is 0 Å². The summed E-state index contributed by atoms with van der Waals surface area (Å²) in [5.41, 5.74) is -0.115. The largest absolute Gasteiger partial charge is 0.488 e. The predicted octanol–water partition coefficient (Wildman–Crippen LogP) is 6.45. The molecule has 0 fully saturated rings.